The predicted octanol–water partition coefficient (Wildman–Crippen LogP) is 2.33. The molecule has 1 aliphatic rings. The molecule has 0 aromatic heterocycles. The third-order valence-electron chi connectivity index (χ3n) is 4.06. The van der Waals surface area contributed by atoms with Gasteiger partial charge in [-0.15, -0.1) is 0 Å². The van der Waals surface area contributed by atoms with Crippen LogP contribution in [0.1, 0.15) is 44.8 Å². The number of benzene rings is 1. The van der Waals surface area contributed by atoms with Crippen molar-refractivity contribution in [1.29, 1.82) is 5.26 Å². The number of nitrogens with zero attached hydrogens (tertiary/aromatic N) is 1. The van der Waals surface area contributed by atoms with Gasteiger partial charge in [0, 0.05) is 0 Å². The van der Waals surface area contributed by atoms with Crippen LogP contribution in [0, 0.1) is 17.1 Å². The van der Waals surface area contributed by atoms with Crippen LogP contribution < -0.4 is 5.73 Å². The summed E-state index contributed by atoms with van der Waals surface area (Å²) < 4.78 is 25.1. The topological polar surface area (TPSA) is 68.3 Å². The Morgan fingerprint density at radius 1 is 1.25 bits per heavy atom. The molecule has 0 bridgehead atoms. The van der Waals surface area contributed by atoms with Crippen molar-refractivity contribution in [2.75, 3.05) is 0 Å². The summed E-state index contributed by atoms with van der Waals surface area (Å²) in [5.41, 5.74) is 5.76. The Labute approximate surface area is 118 Å². The maximum absolute atomic E-state index is 13.3. The van der Waals surface area contributed by atoms with Crippen LogP contribution in [-0.2, 0) is 9.31 Å². The number of nitrogens with two attached hydrogens (primary N) is 1. The molecule has 1 heterocycles. The molecule has 2 N–H and O–H groups in total. The molecule has 4 nitrogen and oxygen atoms in total. The largest absolute Gasteiger partial charge is 0.480 e. The molecule has 0 unspecified atom stereocenters. The highest BCUT2D eigenvalue weighted by Crippen LogP contribution is 2.39. The molecule has 6 heteroatoms. The maximum atomic E-state index is 13.3. The second-order valence-electron chi connectivity index (χ2n) is 6.00. The number of nitriles is 1. The van der Waals surface area contributed by atoms with E-state index in [2.05, 4.69) is 0 Å². The van der Waals surface area contributed by atoms with E-state index in [1.54, 1.807) is 12.1 Å². The smallest absolute Gasteiger partial charge is 0.402 e. The summed E-state index contributed by atoms with van der Waals surface area (Å²) in [6.45, 7) is 7.74. The lowest BCUT2D eigenvalue weighted by molar-refractivity contribution is 0.00578. The zero-order valence-corrected chi connectivity index (χ0v) is 12.1. The maximum Gasteiger partial charge on any atom is 0.480 e. The molecule has 0 amide bonds. The minimum absolute atomic E-state index is 0.0329. The molecule has 1 aliphatic heterocycles. The van der Waals surface area contributed by atoms with E-state index in [1.165, 1.54) is 12.1 Å². The lowest BCUT2D eigenvalue weighted by Crippen LogP contribution is -2.41. The van der Waals surface area contributed by atoms with Crippen LogP contribution in [-0.4, -0.2) is 18.3 Å². The molecule has 106 valence electrons. The molecular weight excluding hydrogens is 258 g/mol. The summed E-state index contributed by atoms with van der Waals surface area (Å²) in [6, 6.07) is 6.02. The van der Waals surface area contributed by atoms with Gasteiger partial charge in [0.1, 0.15) is 11.9 Å². The first-order valence-electron chi connectivity index (χ1n) is 6.49. The molecule has 1 aromatic carbocycles. The van der Waals surface area contributed by atoms with Crippen molar-refractivity contribution < 1.29 is 13.7 Å². The number of hydrogen-bond acceptors (Lipinski definition) is 4. The zero-order valence-electron chi connectivity index (χ0n) is 12.1. The summed E-state index contributed by atoms with van der Waals surface area (Å²) >= 11 is 0. The van der Waals surface area contributed by atoms with Crippen molar-refractivity contribution in [2.24, 2.45) is 5.73 Å². The molecule has 1 saturated heterocycles. The molecule has 20 heavy (non-hydrogen) atoms. The van der Waals surface area contributed by atoms with E-state index in [1.807, 2.05) is 27.7 Å². The minimum atomic E-state index is -0.628. The molecule has 1 fully saturated rings. The van der Waals surface area contributed by atoms with Crippen LogP contribution in [0.15, 0.2) is 18.2 Å². The summed E-state index contributed by atoms with van der Waals surface area (Å²) in [4.78, 5) is 0. The number of rotatable bonds is 2. The second kappa shape index (κ2) is 4.85. The first kappa shape index (κ1) is 15.0. The van der Waals surface area contributed by atoms with Crippen LogP contribution in [0.5, 0.6) is 0 Å². The van der Waals surface area contributed by atoms with Crippen molar-refractivity contribution >= 4 is 7.12 Å². The van der Waals surface area contributed by atoms with Gasteiger partial charge in [-0.1, -0.05) is 6.07 Å². The third kappa shape index (κ3) is 2.45. The predicted molar refractivity (Wildman–Crippen MR) is 74.1 cm³/mol. The standard InChI is InChI=1S/C14H18BFN2O2/c1-13(2)14(3,4)20-15(19-13)12(18)9-5-6-11(16)10(7-9)8-17/h5-7,12H,18H2,1-4H3/t12-/m0/s1. The highest BCUT2D eigenvalue weighted by Gasteiger charge is 2.53. The van der Waals surface area contributed by atoms with Crippen LogP contribution in [0.4, 0.5) is 4.39 Å². The Kier molecular flexibility index (Phi) is 3.63. The monoisotopic (exact) mass is 276 g/mol. The SMILES string of the molecule is CC1(C)OB([C@@H](N)c2ccc(F)c(C#N)c2)OC1(C)C. The number of halogens is 1. The Morgan fingerprint density at radius 2 is 1.80 bits per heavy atom. The fraction of sp³-hybridized carbons (Fsp3) is 0.500. The summed E-state index contributed by atoms with van der Waals surface area (Å²) in [6.07, 6.45) is 0. The Bertz CT molecular complexity index is 553. The Balaban J connectivity index is 2.26. The lowest BCUT2D eigenvalue weighted by Gasteiger charge is -2.32. The fourth-order valence-corrected chi connectivity index (χ4v) is 2.03. The molecule has 1 aromatic rings. The van der Waals surface area contributed by atoms with E-state index in [0.29, 0.717) is 5.56 Å². The average Bonchev–Trinajstić information content (AvgIpc) is 2.58. The zero-order chi connectivity index (χ0) is 15.1. The molecule has 0 aliphatic carbocycles. The van der Waals surface area contributed by atoms with Gasteiger partial charge in [0.15, 0.2) is 0 Å². The first-order chi connectivity index (χ1) is 9.18. The normalized spacial score (nSPS) is 21.6. The fourth-order valence-electron chi connectivity index (χ4n) is 2.03. The molecule has 1 atom stereocenters. The summed E-state index contributed by atoms with van der Waals surface area (Å²) in [5.74, 6) is -1.14. The Hall–Kier alpha value is -1.42. The van der Waals surface area contributed by atoms with Crippen molar-refractivity contribution in [1.82, 2.24) is 0 Å². The van der Waals surface area contributed by atoms with Crippen molar-refractivity contribution in [3.05, 3.63) is 35.1 Å². The van der Waals surface area contributed by atoms with Gasteiger partial charge >= 0.3 is 7.12 Å². The van der Waals surface area contributed by atoms with Crippen LogP contribution in [0.3, 0.4) is 0 Å². The van der Waals surface area contributed by atoms with Crippen LogP contribution >= 0.6 is 0 Å². The van der Waals surface area contributed by atoms with Gasteiger partial charge in [-0.25, -0.2) is 4.39 Å². The van der Waals surface area contributed by atoms with E-state index in [9.17, 15) is 4.39 Å². The van der Waals surface area contributed by atoms with Gasteiger partial charge in [0.05, 0.1) is 22.7 Å². The van der Waals surface area contributed by atoms with E-state index in [-0.39, 0.29) is 5.56 Å². The summed E-state index contributed by atoms with van der Waals surface area (Å²) in [7, 11) is -0.628. The van der Waals surface area contributed by atoms with Gasteiger partial charge in [0.25, 0.3) is 0 Å². The van der Waals surface area contributed by atoms with Gasteiger partial charge < -0.3 is 15.0 Å². The van der Waals surface area contributed by atoms with Gasteiger partial charge in [0.2, 0.25) is 0 Å². The van der Waals surface area contributed by atoms with Crippen molar-refractivity contribution in [2.45, 2.75) is 44.8 Å². The van der Waals surface area contributed by atoms with E-state index < -0.39 is 30.1 Å². The highest BCUT2D eigenvalue weighted by molar-refractivity contribution is 6.47. The molecular formula is C14H18BFN2O2. The van der Waals surface area contributed by atoms with E-state index in [0.717, 1.165) is 0 Å². The number of hydrogen-bond donors (Lipinski definition) is 1. The molecule has 0 saturated carbocycles. The van der Waals surface area contributed by atoms with Gasteiger partial charge in [-0.05, 0) is 45.4 Å². The minimum Gasteiger partial charge on any atom is -0.402 e. The summed E-state index contributed by atoms with van der Waals surface area (Å²) in [5, 5.41) is 8.86. The second-order valence-corrected chi connectivity index (χ2v) is 6.00. The van der Waals surface area contributed by atoms with Gasteiger partial charge in [-0.3, -0.25) is 0 Å². The van der Waals surface area contributed by atoms with Crippen molar-refractivity contribution in [3.8, 4) is 6.07 Å². The van der Waals surface area contributed by atoms with Crippen molar-refractivity contribution in [3.63, 3.8) is 0 Å². The molecule has 0 spiro atoms. The molecule has 2 rings (SSSR count). The van der Waals surface area contributed by atoms with Crippen LogP contribution in [0.2, 0.25) is 0 Å². The van der Waals surface area contributed by atoms with Gasteiger partial charge in [-0.2, -0.15) is 5.26 Å². The quantitative estimate of drug-likeness (QED) is 0.842. The first-order valence-corrected chi connectivity index (χ1v) is 6.49. The highest BCUT2D eigenvalue weighted by atomic mass is 19.1. The Morgan fingerprint density at radius 3 is 2.30 bits per heavy atom. The third-order valence-corrected chi connectivity index (χ3v) is 4.06. The van der Waals surface area contributed by atoms with Crippen LogP contribution in [0.25, 0.3) is 0 Å². The molecule has 0 radical (unpaired) electrons. The lowest BCUT2D eigenvalue weighted by atomic mass is 9.74. The van der Waals surface area contributed by atoms with E-state index in [4.69, 9.17) is 20.3 Å². The van der Waals surface area contributed by atoms with E-state index >= 15 is 0 Å². The average molecular weight is 276 g/mol.